The SMILES string of the molecule is CN(C)c1nccc(NC2CCCN(Cc3cncc(F)c3)C2)n1. The highest BCUT2D eigenvalue weighted by Crippen LogP contribution is 2.18. The van der Waals surface area contributed by atoms with Gasteiger partial charge in [-0.15, -0.1) is 0 Å². The molecule has 3 heterocycles. The quantitative estimate of drug-likeness (QED) is 0.907. The number of halogens is 1. The van der Waals surface area contributed by atoms with Gasteiger partial charge < -0.3 is 10.2 Å². The van der Waals surface area contributed by atoms with Gasteiger partial charge in [-0.2, -0.15) is 4.98 Å². The number of hydrogen-bond donors (Lipinski definition) is 1. The van der Waals surface area contributed by atoms with Crippen molar-refractivity contribution < 1.29 is 4.39 Å². The van der Waals surface area contributed by atoms with Gasteiger partial charge in [0, 0.05) is 45.6 Å². The predicted molar refractivity (Wildman–Crippen MR) is 92.5 cm³/mol. The van der Waals surface area contributed by atoms with Crippen LogP contribution in [0.1, 0.15) is 18.4 Å². The average molecular weight is 330 g/mol. The number of hydrogen-bond acceptors (Lipinski definition) is 6. The Balaban J connectivity index is 1.60. The lowest BCUT2D eigenvalue weighted by atomic mass is 10.1. The first-order valence-corrected chi connectivity index (χ1v) is 8.19. The van der Waals surface area contributed by atoms with E-state index in [1.54, 1.807) is 18.5 Å². The molecule has 2 aromatic heterocycles. The van der Waals surface area contributed by atoms with Gasteiger partial charge in [-0.25, -0.2) is 9.37 Å². The second kappa shape index (κ2) is 7.53. The molecular formula is C17H23FN6. The van der Waals surface area contributed by atoms with Gasteiger partial charge >= 0.3 is 0 Å². The summed E-state index contributed by atoms with van der Waals surface area (Å²) in [6.45, 7) is 2.63. The monoisotopic (exact) mass is 330 g/mol. The maximum Gasteiger partial charge on any atom is 0.226 e. The minimum atomic E-state index is -0.281. The molecule has 128 valence electrons. The molecule has 0 aliphatic carbocycles. The summed E-state index contributed by atoms with van der Waals surface area (Å²) in [5.74, 6) is 1.25. The van der Waals surface area contributed by atoms with Crippen LogP contribution in [0.25, 0.3) is 0 Å². The molecule has 0 aromatic carbocycles. The third-order valence-electron chi connectivity index (χ3n) is 4.07. The normalized spacial score (nSPS) is 18.4. The van der Waals surface area contributed by atoms with Crippen molar-refractivity contribution in [3.63, 3.8) is 0 Å². The Morgan fingerprint density at radius 1 is 1.38 bits per heavy atom. The standard InChI is InChI=1S/C17H23FN6/c1-23(2)17-20-6-5-16(22-17)21-15-4-3-7-24(12-15)11-13-8-14(18)10-19-9-13/h5-6,8-10,15H,3-4,7,11-12H2,1-2H3,(H,20,21,22). The third kappa shape index (κ3) is 4.38. The fourth-order valence-electron chi connectivity index (χ4n) is 2.97. The number of nitrogens with zero attached hydrogens (tertiary/aromatic N) is 5. The Kier molecular flexibility index (Phi) is 5.20. The zero-order valence-corrected chi connectivity index (χ0v) is 14.1. The number of aromatic nitrogens is 3. The summed E-state index contributed by atoms with van der Waals surface area (Å²) in [4.78, 5) is 16.9. The number of rotatable bonds is 5. The van der Waals surface area contributed by atoms with Gasteiger partial charge in [0.25, 0.3) is 0 Å². The lowest BCUT2D eigenvalue weighted by molar-refractivity contribution is 0.208. The Hall–Kier alpha value is -2.28. The molecule has 1 saturated heterocycles. The molecular weight excluding hydrogens is 307 g/mol. The van der Waals surface area contributed by atoms with Crippen LogP contribution in [-0.2, 0) is 6.54 Å². The minimum absolute atomic E-state index is 0.281. The topological polar surface area (TPSA) is 57.2 Å². The molecule has 24 heavy (non-hydrogen) atoms. The Labute approximate surface area is 141 Å². The van der Waals surface area contributed by atoms with Crippen LogP contribution in [0.2, 0.25) is 0 Å². The van der Waals surface area contributed by atoms with Crippen molar-refractivity contribution in [2.75, 3.05) is 37.4 Å². The summed E-state index contributed by atoms with van der Waals surface area (Å²) in [6, 6.07) is 3.77. The zero-order valence-electron chi connectivity index (χ0n) is 14.1. The van der Waals surface area contributed by atoms with Crippen LogP contribution in [0.15, 0.2) is 30.7 Å². The van der Waals surface area contributed by atoms with Gasteiger partial charge in [-0.05, 0) is 37.1 Å². The van der Waals surface area contributed by atoms with Gasteiger partial charge in [0.15, 0.2) is 0 Å². The number of piperidine rings is 1. The summed E-state index contributed by atoms with van der Waals surface area (Å²) in [7, 11) is 3.85. The molecule has 1 aliphatic rings. The fraction of sp³-hybridized carbons (Fsp3) is 0.471. The van der Waals surface area contributed by atoms with E-state index >= 15 is 0 Å². The van der Waals surface area contributed by atoms with E-state index in [-0.39, 0.29) is 5.82 Å². The van der Waals surface area contributed by atoms with Gasteiger partial charge in [0.2, 0.25) is 5.95 Å². The summed E-state index contributed by atoms with van der Waals surface area (Å²) in [6.07, 6.45) is 6.93. The smallest absolute Gasteiger partial charge is 0.226 e. The van der Waals surface area contributed by atoms with E-state index in [1.165, 1.54) is 6.20 Å². The molecule has 2 aromatic rings. The highest BCUT2D eigenvalue weighted by Gasteiger charge is 2.20. The highest BCUT2D eigenvalue weighted by molar-refractivity contribution is 5.41. The molecule has 0 spiro atoms. The molecule has 0 saturated carbocycles. The maximum atomic E-state index is 13.3. The third-order valence-corrected chi connectivity index (χ3v) is 4.07. The van der Waals surface area contributed by atoms with Gasteiger partial charge in [0.1, 0.15) is 11.6 Å². The van der Waals surface area contributed by atoms with E-state index in [1.807, 2.05) is 25.1 Å². The molecule has 1 aliphatic heterocycles. The first-order chi connectivity index (χ1) is 11.6. The molecule has 6 nitrogen and oxygen atoms in total. The minimum Gasteiger partial charge on any atom is -0.366 e. The van der Waals surface area contributed by atoms with Crippen LogP contribution in [0.3, 0.4) is 0 Å². The number of likely N-dealkylation sites (tertiary alicyclic amines) is 1. The molecule has 1 unspecified atom stereocenters. The zero-order chi connectivity index (χ0) is 16.9. The van der Waals surface area contributed by atoms with Crippen LogP contribution in [0.4, 0.5) is 16.2 Å². The molecule has 0 bridgehead atoms. The second-order valence-electron chi connectivity index (χ2n) is 6.37. The lowest BCUT2D eigenvalue weighted by Gasteiger charge is -2.33. The first-order valence-electron chi connectivity index (χ1n) is 8.19. The van der Waals surface area contributed by atoms with E-state index in [0.29, 0.717) is 12.0 Å². The van der Waals surface area contributed by atoms with Crippen molar-refractivity contribution >= 4 is 11.8 Å². The Morgan fingerprint density at radius 2 is 2.25 bits per heavy atom. The van der Waals surface area contributed by atoms with E-state index in [4.69, 9.17) is 0 Å². The van der Waals surface area contributed by atoms with Crippen molar-refractivity contribution in [1.29, 1.82) is 0 Å². The van der Waals surface area contributed by atoms with E-state index in [0.717, 1.165) is 43.9 Å². The summed E-state index contributed by atoms with van der Waals surface area (Å²) in [5.41, 5.74) is 0.910. The highest BCUT2D eigenvalue weighted by atomic mass is 19.1. The van der Waals surface area contributed by atoms with Crippen LogP contribution in [-0.4, -0.2) is 53.1 Å². The van der Waals surface area contributed by atoms with Crippen molar-refractivity contribution in [3.8, 4) is 0 Å². The van der Waals surface area contributed by atoms with Crippen LogP contribution < -0.4 is 10.2 Å². The largest absolute Gasteiger partial charge is 0.366 e. The summed E-state index contributed by atoms with van der Waals surface area (Å²) in [5, 5.41) is 3.49. The van der Waals surface area contributed by atoms with Crippen molar-refractivity contribution in [3.05, 3.63) is 42.1 Å². The number of nitrogens with one attached hydrogen (secondary N) is 1. The molecule has 0 amide bonds. The predicted octanol–water partition coefficient (Wildman–Crippen LogP) is 2.15. The maximum absolute atomic E-state index is 13.3. The lowest BCUT2D eigenvalue weighted by Crippen LogP contribution is -2.41. The van der Waals surface area contributed by atoms with Gasteiger partial charge in [0.05, 0.1) is 6.20 Å². The van der Waals surface area contributed by atoms with E-state index in [2.05, 4.69) is 25.2 Å². The Morgan fingerprint density at radius 3 is 3.04 bits per heavy atom. The molecule has 0 radical (unpaired) electrons. The molecule has 7 heteroatoms. The molecule has 1 N–H and O–H groups in total. The fourth-order valence-corrected chi connectivity index (χ4v) is 2.97. The van der Waals surface area contributed by atoms with Crippen molar-refractivity contribution in [2.24, 2.45) is 0 Å². The van der Waals surface area contributed by atoms with Gasteiger partial charge in [-0.3, -0.25) is 9.88 Å². The number of pyridine rings is 1. The molecule has 1 atom stereocenters. The second-order valence-corrected chi connectivity index (χ2v) is 6.37. The first kappa shape index (κ1) is 16.6. The van der Waals surface area contributed by atoms with E-state index in [9.17, 15) is 4.39 Å². The molecule has 1 fully saturated rings. The van der Waals surface area contributed by atoms with Crippen LogP contribution in [0, 0.1) is 5.82 Å². The summed E-state index contributed by atoms with van der Waals surface area (Å²) >= 11 is 0. The van der Waals surface area contributed by atoms with Gasteiger partial charge in [-0.1, -0.05) is 0 Å². The van der Waals surface area contributed by atoms with Crippen molar-refractivity contribution in [2.45, 2.75) is 25.4 Å². The van der Waals surface area contributed by atoms with E-state index < -0.39 is 0 Å². The van der Waals surface area contributed by atoms with Crippen LogP contribution >= 0.6 is 0 Å². The van der Waals surface area contributed by atoms with Crippen molar-refractivity contribution in [1.82, 2.24) is 19.9 Å². The van der Waals surface area contributed by atoms with Crippen LogP contribution in [0.5, 0.6) is 0 Å². The summed E-state index contributed by atoms with van der Waals surface area (Å²) < 4.78 is 13.3. The average Bonchev–Trinajstić information content (AvgIpc) is 2.55. The number of anilines is 2. The molecule has 3 rings (SSSR count). The Bertz CT molecular complexity index is 678.